The van der Waals surface area contributed by atoms with Gasteiger partial charge in [0.2, 0.25) is 0 Å². The third-order valence-electron chi connectivity index (χ3n) is 4.61. The number of aryl methyl sites for hydroxylation is 1. The maximum atomic E-state index is 6.25. The van der Waals surface area contributed by atoms with Gasteiger partial charge in [-0.05, 0) is 44.5 Å². The highest BCUT2D eigenvalue weighted by atomic mass is 35.5. The Morgan fingerprint density at radius 2 is 1.83 bits per heavy atom. The number of likely N-dealkylation sites (N-methyl/N-ethyl adjacent to an activating group) is 1. The van der Waals surface area contributed by atoms with Crippen molar-refractivity contribution in [3.05, 3.63) is 28.8 Å². The van der Waals surface area contributed by atoms with E-state index >= 15 is 0 Å². The largest absolute Gasteiger partial charge is 0.368 e. The van der Waals surface area contributed by atoms with Gasteiger partial charge in [0.25, 0.3) is 0 Å². The second-order valence-electron chi connectivity index (χ2n) is 5.74. The lowest BCUT2D eigenvalue weighted by molar-refractivity contribution is 0.0950. The van der Waals surface area contributed by atoms with E-state index in [1.54, 1.807) is 0 Å². The smallest absolute Gasteiger partial charge is 0.0455 e. The fourth-order valence-corrected chi connectivity index (χ4v) is 3.48. The molecule has 0 radical (unpaired) electrons. The van der Waals surface area contributed by atoms with Crippen molar-refractivity contribution in [2.45, 2.75) is 38.3 Å². The third kappa shape index (κ3) is 2.12. The number of hydrogen-bond donors (Lipinski definition) is 0. The van der Waals surface area contributed by atoms with E-state index in [2.05, 4.69) is 42.0 Å². The van der Waals surface area contributed by atoms with Crippen LogP contribution >= 0.6 is 11.6 Å². The number of rotatable bonds is 1. The molecular weight excluding hydrogens is 244 g/mol. The maximum Gasteiger partial charge on any atom is 0.0455 e. The summed E-state index contributed by atoms with van der Waals surface area (Å²) in [6, 6.07) is 7.90. The number of anilines is 1. The van der Waals surface area contributed by atoms with E-state index < -0.39 is 0 Å². The summed E-state index contributed by atoms with van der Waals surface area (Å²) in [5, 5.41) is 0.886. The highest BCUT2D eigenvalue weighted by Crippen LogP contribution is 2.31. The van der Waals surface area contributed by atoms with E-state index in [0.717, 1.165) is 35.8 Å². The molecule has 18 heavy (non-hydrogen) atoms. The lowest BCUT2D eigenvalue weighted by atomic mass is 9.91. The van der Waals surface area contributed by atoms with E-state index in [4.69, 9.17) is 11.6 Å². The summed E-state index contributed by atoms with van der Waals surface area (Å²) in [5.41, 5.74) is 2.45. The molecule has 2 saturated heterocycles. The van der Waals surface area contributed by atoms with Crippen LogP contribution in [0.15, 0.2) is 18.2 Å². The predicted molar refractivity (Wildman–Crippen MR) is 77.6 cm³/mol. The Morgan fingerprint density at radius 1 is 1.17 bits per heavy atom. The molecule has 1 aromatic rings. The molecule has 0 aliphatic carbocycles. The molecule has 98 valence electrons. The zero-order chi connectivity index (χ0) is 12.7. The van der Waals surface area contributed by atoms with Gasteiger partial charge in [-0.15, -0.1) is 0 Å². The first-order valence-corrected chi connectivity index (χ1v) is 7.26. The number of halogens is 1. The summed E-state index contributed by atoms with van der Waals surface area (Å²) >= 11 is 6.25. The Bertz CT molecular complexity index is 432. The lowest BCUT2D eigenvalue weighted by Gasteiger charge is -2.49. The zero-order valence-electron chi connectivity index (χ0n) is 11.2. The normalized spacial score (nSPS) is 28.5. The quantitative estimate of drug-likeness (QED) is 0.768. The summed E-state index contributed by atoms with van der Waals surface area (Å²) in [7, 11) is 2.29. The van der Waals surface area contributed by atoms with Gasteiger partial charge in [-0.25, -0.2) is 0 Å². The molecule has 2 aliphatic heterocycles. The molecule has 0 saturated carbocycles. The standard InChI is InChI=1S/C15H21ClN2/c1-11-6-7-12(8-15(11)16)18-9-13-4-3-5-14(10-18)17(13)2/h6-8,13-14H,3-5,9-10H2,1-2H3. The molecule has 2 nitrogen and oxygen atoms in total. The second kappa shape index (κ2) is 4.75. The van der Waals surface area contributed by atoms with Crippen LogP contribution in [0.4, 0.5) is 5.69 Å². The predicted octanol–water partition coefficient (Wildman–Crippen LogP) is 3.32. The molecule has 1 aromatic carbocycles. The topological polar surface area (TPSA) is 6.48 Å². The minimum absolute atomic E-state index is 0.720. The van der Waals surface area contributed by atoms with Gasteiger partial charge in [-0.2, -0.15) is 0 Å². The van der Waals surface area contributed by atoms with Crippen LogP contribution in [0.2, 0.25) is 5.02 Å². The minimum Gasteiger partial charge on any atom is -0.368 e. The van der Waals surface area contributed by atoms with Crippen LogP contribution in [-0.4, -0.2) is 37.1 Å². The van der Waals surface area contributed by atoms with Crippen LogP contribution in [0.5, 0.6) is 0 Å². The highest BCUT2D eigenvalue weighted by Gasteiger charge is 2.34. The SMILES string of the molecule is Cc1ccc(N2CC3CCCC(C2)N3C)cc1Cl. The molecular formula is C15H21ClN2. The van der Waals surface area contributed by atoms with E-state index in [0.29, 0.717) is 0 Å². The molecule has 2 bridgehead atoms. The Balaban J connectivity index is 1.83. The Hall–Kier alpha value is -0.730. The van der Waals surface area contributed by atoms with Crippen molar-refractivity contribution in [1.29, 1.82) is 0 Å². The molecule has 0 aromatic heterocycles. The molecule has 0 spiro atoms. The zero-order valence-corrected chi connectivity index (χ0v) is 12.0. The fourth-order valence-electron chi connectivity index (χ4n) is 3.31. The van der Waals surface area contributed by atoms with Crippen molar-refractivity contribution in [1.82, 2.24) is 4.90 Å². The summed E-state index contributed by atoms with van der Waals surface area (Å²) in [6.07, 6.45) is 4.06. The highest BCUT2D eigenvalue weighted by molar-refractivity contribution is 6.31. The first-order chi connectivity index (χ1) is 8.65. The lowest BCUT2D eigenvalue weighted by Crippen LogP contribution is -2.59. The van der Waals surface area contributed by atoms with Crippen molar-refractivity contribution >= 4 is 17.3 Å². The Kier molecular flexibility index (Phi) is 3.25. The summed E-state index contributed by atoms with van der Waals surface area (Å²) in [4.78, 5) is 5.09. The van der Waals surface area contributed by atoms with Crippen molar-refractivity contribution < 1.29 is 0 Å². The van der Waals surface area contributed by atoms with Crippen molar-refractivity contribution in [3.8, 4) is 0 Å². The molecule has 3 heteroatoms. The average Bonchev–Trinajstić information content (AvgIpc) is 2.32. The monoisotopic (exact) mass is 264 g/mol. The van der Waals surface area contributed by atoms with Crippen LogP contribution in [-0.2, 0) is 0 Å². The number of piperidine rings is 1. The Morgan fingerprint density at radius 3 is 2.44 bits per heavy atom. The van der Waals surface area contributed by atoms with Gasteiger partial charge in [0.05, 0.1) is 0 Å². The fraction of sp³-hybridized carbons (Fsp3) is 0.600. The number of hydrogen-bond acceptors (Lipinski definition) is 2. The van der Waals surface area contributed by atoms with Gasteiger partial charge in [-0.3, -0.25) is 4.90 Å². The molecule has 0 amide bonds. The molecule has 2 atom stereocenters. The van der Waals surface area contributed by atoms with E-state index in [1.807, 2.05) is 0 Å². The van der Waals surface area contributed by atoms with Crippen LogP contribution in [0.25, 0.3) is 0 Å². The average molecular weight is 265 g/mol. The van der Waals surface area contributed by atoms with Crippen LogP contribution < -0.4 is 4.90 Å². The molecule has 0 N–H and O–H groups in total. The van der Waals surface area contributed by atoms with E-state index in [-0.39, 0.29) is 0 Å². The molecule has 3 rings (SSSR count). The maximum absolute atomic E-state index is 6.25. The van der Waals surface area contributed by atoms with E-state index in [1.165, 1.54) is 24.9 Å². The summed E-state index contributed by atoms with van der Waals surface area (Å²) in [5.74, 6) is 0. The van der Waals surface area contributed by atoms with Gasteiger partial charge >= 0.3 is 0 Å². The first kappa shape index (κ1) is 12.3. The first-order valence-electron chi connectivity index (χ1n) is 6.88. The van der Waals surface area contributed by atoms with Gasteiger partial charge in [-0.1, -0.05) is 24.1 Å². The van der Waals surface area contributed by atoms with Gasteiger partial charge in [0, 0.05) is 35.9 Å². The van der Waals surface area contributed by atoms with Gasteiger partial charge in [0.1, 0.15) is 0 Å². The van der Waals surface area contributed by atoms with Crippen LogP contribution in [0, 0.1) is 6.92 Å². The van der Waals surface area contributed by atoms with Gasteiger partial charge < -0.3 is 4.90 Å². The Labute approximate surface area is 115 Å². The molecule has 2 heterocycles. The summed E-state index contributed by atoms with van der Waals surface area (Å²) in [6.45, 7) is 4.35. The third-order valence-corrected chi connectivity index (χ3v) is 5.02. The molecule has 2 aliphatic rings. The van der Waals surface area contributed by atoms with Crippen molar-refractivity contribution in [2.24, 2.45) is 0 Å². The number of fused-ring (bicyclic) bond motifs is 2. The van der Waals surface area contributed by atoms with Crippen molar-refractivity contribution in [2.75, 3.05) is 25.0 Å². The van der Waals surface area contributed by atoms with Gasteiger partial charge in [0.15, 0.2) is 0 Å². The number of nitrogens with zero attached hydrogens (tertiary/aromatic N) is 2. The number of benzene rings is 1. The van der Waals surface area contributed by atoms with Crippen LogP contribution in [0.3, 0.4) is 0 Å². The van der Waals surface area contributed by atoms with Crippen LogP contribution in [0.1, 0.15) is 24.8 Å². The van der Waals surface area contributed by atoms with Crippen molar-refractivity contribution in [3.63, 3.8) is 0 Å². The molecule has 2 unspecified atom stereocenters. The summed E-state index contributed by atoms with van der Waals surface area (Å²) < 4.78 is 0. The van der Waals surface area contributed by atoms with E-state index in [9.17, 15) is 0 Å². The minimum atomic E-state index is 0.720. The molecule has 2 fully saturated rings. The second-order valence-corrected chi connectivity index (χ2v) is 6.15. The number of piperazine rings is 1.